The number of hydrogen-bond donors (Lipinski definition) is 2. The summed E-state index contributed by atoms with van der Waals surface area (Å²) in [6, 6.07) is 5.44. The van der Waals surface area contributed by atoms with Crippen LogP contribution in [0.25, 0.3) is 0 Å². The Hall–Kier alpha value is -1.89. The number of halogens is 2. The van der Waals surface area contributed by atoms with Crippen LogP contribution in [0.4, 0.5) is 13.6 Å². The molecule has 5 nitrogen and oxygen atoms in total. The van der Waals surface area contributed by atoms with Crippen molar-refractivity contribution < 1.29 is 23.4 Å². The molecule has 20 heavy (non-hydrogen) atoms. The number of hydrogen-bond acceptors (Lipinski definition) is 3. The first-order valence-corrected chi connectivity index (χ1v) is 6.11. The average Bonchev–Trinajstić information content (AvgIpc) is 2.39. The summed E-state index contributed by atoms with van der Waals surface area (Å²) >= 11 is 0. The molecule has 112 valence electrons. The molecule has 0 spiro atoms. The fraction of sp³-hybridized carbons (Fsp3) is 0.462. The number of benzene rings is 1. The van der Waals surface area contributed by atoms with Gasteiger partial charge in [0.2, 0.25) is 0 Å². The van der Waals surface area contributed by atoms with Crippen LogP contribution < -0.4 is 10.1 Å². The van der Waals surface area contributed by atoms with Crippen molar-refractivity contribution in [2.75, 3.05) is 20.2 Å². The Morgan fingerprint density at radius 2 is 2.00 bits per heavy atom. The number of rotatable bonds is 6. The molecule has 1 aromatic carbocycles. The molecule has 0 aliphatic carbocycles. The van der Waals surface area contributed by atoms with Gasteiger partial charge in [0.05, 0.1) is 12.6 Å². The van der Waals surface area contributed by atoms with E-state index in [1.807, 2.05) is 0 Å². The number of urea groups is 1. The van der Waals surface area contributed by atoms with E-state index in [4.69, 9.17) is 5.11 Å². The van der Waals surface area contributed by atoms with Gasteiger partial charge in [-0.15, -0.1) is 0 Å². The van der Waals surface area contributed by atoms with Crippen molar-refractivity contribution in [3.05, 3.63) is 29.8 Å². The highest BCUT2D eigenvalue weighted by molar-refractivity contribution is 5.74. The van der Waals surface area contributed by atoms with E-state index in [1.165, 1.54) is 17.0 Å². The van der Waals surface area contributed by atoms with Crippen LogP contribution in [-0.2, 0) is 0 Å². The SMILES string of the molecule is CC(NC(=O)N(C)CCO)c1ccc(OC(F)F)cc1. The number of likely N-dealkylation sites (N-methyl/N-ethyl adjacent to an activating group) is 1. The van der Waals surface area contributed by atoms with Gasteiger partial charge in [-0.05, 0) is 24.6 Å². The minimum atomic E-state index is -2.86. The van der Waals surface area contributed by atoms with Crippen LogP contribution in [0.2, 0.25) is 0 Å². The molecule has 0 heterocycles. The molecule has 0 saturated carbocycles. The molecule has 0 aliphatic rings. The Kier molecular flexibility index (Phi) is 6.17. The summed E-state index contributed by atoms with van der Waals surface area (Å²) in [6.45, 7) is -0.962. The smallest absolute Gasteiger partial charge is 0.387 e. The first-order chi connectivity index (χ1) is 9.43. The topological polar surface area (TPSA) is 61.8 Å². The van der Waals surface area contributed by atoms with Gasteiger partial charge in [-0.3, -0.25) is 0 Å². The first-order valence-electron chi connectivity index (χ1n) is 6.11. The third-order valence-electron chi connectivity index (χ3n) is 2.73. The number of nitrogens with one attached hydrogen (secondary N) is 1. The number of aliphatic hydroxyl groups excluding tert-OH is 1. The van der Waals surface area contributed by atoms with E-state index in [0.717, 1.165) is 5.56 Å². The van der Waals surface area contributed by atoms with Gasteiger partial charge in [0.1, 0.15) is 5.75 Å². The zero-order chi connectivity index (χ0) is 15.1. The second kappa shape index (κ2) is 7.64. The largest absolute Gasteiger partial charge is 0.435 e. The van der Waals surface area contributed by atoms with E-state index in [2.05, 4.69) is 10.1 Å². The van der Waals surface area contributed by atoms with Crippen molar-refractivity contribution in [2.45, 2.75) is 19.6 Å². The fourth-order valence-electron chi connectivity index (χ4n) is 1.57. The zero-order valence-corrected chi connectivity index (χ0v) is 11.3. The van der Waals surface area contributed by atoms with Gasteiger partial charge in [-0.2, -0.15) is 8.78 Å². The van der Waals surface area contributed by atoms with E-state index in [0.29, 0.717) is 0 Å². The summed E-state index contributed by atoms with van der Waals surface area (Å²) < 4.78 is 28.3. The third-order valence-corrected chi connectivity index (χ3v) is 2.73. The van der Waals surface area contributed by atoms with E-state index in [9.17, 15) is 13.6 Å². The molecular weight excluding hydrogens is 270 g/mol. The molecule has 1 aromatic rings. The van der Waals surface area contributed by atoms with Crippen molar-refractivity contribution in [3.8, 4) is 5.75 Å². The van der Waals surface area contributed by atoms with Crippen molar-refractivity contribution in [1.29, 1.82) is 0 Å². The van der Waals surface area contributed by atoms with Gasteiger partial charge in [0, 0.05) is 13.6 Å². The number of carbonyl (C=O) groups excluding carboxylic acids is 1. The Balaban J connectivity index is 2.59. The van der Waals surface area contributed by atoms with Crippen LogP contribution in [0.5, 0.6) is 5.75 Å². The van der Waals surface area contributed by atoms with Gasteiger partial charge >= 0.3 is 12.6 Å². The van der Waals surface area contributed by atoms with Gasteiger partial charge in [-0.25, -0.2) is 4.79 Å². The maximum absolute atomic E-state index is 12.0. The molecule has 1 atom stereocenters. The quantitative estimate of drug-likeness (QED) is 0.841. The number of aliphatic hydroxyl groups is 1. The number of carbonyl (C=O) groups is 1. The van der Waals surface area contributed by atoms with Crippen molar-refractivity contribution in [3.63, 3.8) is 0 Å². The molecule has 2 N–H and O–H groups in total. The summed E-state index contributed by atoms with van der Waals surface area (Å²) in [7, 11) is 1.57. The molecule has 0 saturated heterocycles. The second-order valence-electron chi connectivity index (χ2n) is 4.26. The minimum Gasteiger partial charge on any atom is -0.435 e. The van der Waals surface area contributed by atoms with Gasteiger partial charge < -0.3 is 20.1 Å². The summed E-state index contributed by atoms with van der Waals surface area (Å²) in [4.78, 5) is 13.1. The van der Waals surface area contributed by atoms with Crippen LogP contribution in [0.1, 0.15) is 18.5 Å². The number of nitrogens with zero attached hydrogens (tertiary/aromatic N) is 1. The first kappa shape index (κ1) is 16.2. The van der Waals surface area contributed by atoms with Crippen LogP contribution in [0.15, 0.2) is 24.3 Å². The number of ether oxygens (including phenoxy) is 1. The van der Waals surface area contributed by atoms with Crippen LogP contribution in [-0.4, -0.2) is 42.8 Å². The van der Waals surface area contributed by atoms with Crippen molar-refractivity contribution >= 4 is 6.03 Å². The highest BCUT2D eigenvalue weighted by atomic mass is 19.3. The molecule has 0 radical (unpaired) electrons. The molecule has 0 fully saturated rings. The standard InChI is InChI=1S/C13H18F2N2O3/c1-9(16-13(19)17(2)7-8-18)10-3-5-11(6-4-10)20-12(14)15/h3-6,9,12,18H,7-8H2,1-2H3,(H,16,19). The monoisotopic (exact) mass is 288 g/mol. The Labute approximate surface area is 116 Å². The summed E-state index contributed by atoms with van der Waals surface area (Å²) in [5.41, 5.74) is 0.761. The van der Waals surface area contributed by atoms with Crippen molar-refractivity contribution in [2.24, 2.45) is 0 Å². The Morgan fingerprint density at radius 3 is 2.50 bits per heavy atom. The maximum atomic E-state index is 12.0. The third kappa shape index (κ3) is 5.00. The van der Waals surface area contributed by atoms with E-state index < -0.39 is 6.61 Å². The summed E-state index contributed by atoms with van der Waals surface area (Å²) in [5, 5.41) is 11.5. The summed E-state index contributed by atoms with van der Waals surface area (Å²) in [5.74, 6) is 0.0691. The highest BCUT2D eigenvalue weighted by Gasteiger charge is 2.13. The Bertz CT molecular complexity index is 426. The maximum Gasteiger partial charge on any atom is 0.387 e. The number of amides is 2. The lowest BCUT2D eigenvalue weighted by atomic mass is 10.1. The summed E-state index contributed by atoms with van der Waals surface area (Å²) in [6.07, 6.45) is 0. The second-order valence-corrected chi connectivity index (χ2v) is 4.26. The lowest BCUT2D eigenvalue weighted by Crippen LogP contribution is -2.39. The normalized spacial score (nSPS) is 12.1. The molecule has 0 aromatic heterocycles. The van der Waals surface area contributed by atoms with Gasteiger partial charge in [0.15, 0.2) is 0 Å². The molecule has 2 amide bonds. The zero-order valence-electron chi connectivity index (χ0n) is 11.3. The van der Waals surface area contributed by atoms with Crippen molar-refractivity contribution in [1.82, 2.24) is 10.2 Å². The molecule has 1 unspecified atom stereocenters. The molecule has 7 heteroatoms. The minimum absolute atomic E-state index is 0.0691. The van der Waals surface area contributed by atoms with Crippen LogP contribution >= 0.6 is 0 Å². The predicted octanol–water partition coefficient (Wildman–Crippen LogP) is 1.98. The Morgan fingerprint density at radius 1 is 1.40 bits per heavy atom. The molecular formula is C13H18F2N2O3. The van der Waals surface area contributed by atoms with Gasteiger partial charge in [0.25, 0.3) is 0 Å². The fourth-order valence-corrected chi connectivity index (χ4v) is 1.57. The lowest BCUT2D eigenvalue weighted by molar-refractivity contribution is -0.0498. The van der Waals surface area contributed by atoms with E-state index in [-0.39, 0.29) is 31.0 Å². The highest BCUT2D eigenvalue weighted by Crippen LogP contribution is 2.19. The van der Waals surface area contributed by atoms with E-state index >= 15 is 0 Å². The van der Waals surface area contributed by atoms with Crippen LogP contribution in [0, 0.1) is 0 Å². The number of alkyl halides is 2. The lowest BCUT2D eigenvalue weighted by Gasteiger charge is -2.21. The average molecular weight is 288 g/mol. The predicted molar refractivity (Wildman–Crippen MR) is 69.7 cm³/mol. The van der Waals surface area contributed by atoms with Gasteiger partial charge in [-0.1, -0.05) is 12.1 Å². The molecule has 0 bridgehead atoms. The van der Waals surface area contributed by atoms with Crippen LogP contribution in [0.3, 0.4) is 0 Å². The molecule has 0 aliphatic heterocycles. The molecule has 1 rings (SSSR count). The van der Waals surface area contributed by atoms with E-state index in [1.54, 1.807) is 26.1 Å².